The SMILES string of the molecule is CC(C)Oc1ccc(N(CCNC(=O)c2cccnc2)S(C)(=O)=O)cc1. The van der Waals surface area contributed by atoms with Crippen molar-refractivity contribution in [2.24, 2.45) is 0 Å². The van der Waals surface area contributed by atoms with Crippen LogP contribution in [0.1, 0.15) is 24.2 Å². The highest BCUT2D eigenvalue weighted by Gasteiger charge is 2.17. The number of ether oxygens (including phenoxy) is 1. The van der Waals surface area contributed by atoms with Gasteiger partial charge in [-0.15, -0.1) is 0 Å². The average Bonchev–Trinajstić information content (AvgIpc) is 2.59. The van der Waals surface area contributed by atoms with Crippen molar-refractivity contribution in [3.05, 3.63) is 54.4 Å². The first-order valence-electron chi connectivity index (χ1n) is 8.20. The van der Waals surface area contributed by atoms with Gasteiger partial charge in [-0.3, -0.25) is 14.1 Å². The van der Waals surface area contributed by atoms with Crippen molar-refractivity contribution in [2.45, 2.75) is 20.0 Å². The lowest BCUT2D eigenvalue weighted by Gasteiger charge is -2.23. The molecule has 8 heteroatoms. The monoisotopic (exact) mass is 377 g/mol. The van der Waals surface area contributed by atoms with E-state index < -0.39 is 10.0 Å². The summed E-state index contributed by atoms with van der Waals surface area (Å²) in [5, 5.41) is 2.70. The summed E-state index contributed by atoms with van der Waals surface area (Å²) in [4.78, 5) is 15.9. The molecule has 26 heavy (non-hydrogen) atoms. The van der Waals surface area contributed by atoms with E-state index in [9.17, 15) is 13.2 Å². The van der Waals surface area contributed by atoms with Crippen LogP contribution in [-0.2, 0) is 10.0 Å². The Morgan fingerprint density at radius 3 is 2.46 bits per heavy atom. The highest BCUT2D eigenvalue weighted by atomic mass is 32.2. The van der Waals surface area contributed by atoms with Gasteiger partial charge in [0.05, 0.1) is 30.2 Å². The van der Waals surface area contributed by atoms with Gasteiger partial charge in [0.1, 0.15) is 5.75 Å². The van der Waals surface area contributed by atoms with Crippen molar-refractivity contribution in [2.75, 3.05) is 23.7 Å². The second-order valence-electron chi connectivity index (χ2n) is 5.99. The van der Waals surface area contributed by atoms with Crippen LogP contribution in [0.25, 0.3) is 0 Å². The lowest BCUT2D eigenvalue weighted by molar-refractivity contribution is 0.0954. The van der Waals surface area contributed by atoms with Crippen LogP contribution in [0.4, 0.5) is 5.69 Å². The Hall–Kier alpha value is -2.61. The largest absolute Gasteiger partial charge is 0.491 e. The molecule has 0 radical (unpaired) electrons. The number of sulfonamides is 1. The van der Waals surface area contributed by atoms with Gasteiger partial charge in [-0.05, 0) is 50.2 Å². The van der Waals surface area contributed by atoms with Crippen LogP contribution >= 0.6 is 0 Å². The molecule has 0 spiro atoms. The predicted octanol–water partition coefficient (Wildman–Crippen LogP) is 2.06. The van der Waals surface area contributed by atoms with E-state index in [0.717, 1.165) is 6.26 Å². The number of hydrogen-bond donors (Lipinski definition) is 1. The van der Waals surface area contributed by atoms with Gasteiger partial charge in [-0.1, -0.05) is 0 Å². The topological polar surface area (TPSA) is 88.6 Å². The van der Waals surface area contributed by atoms with Crippen LogP contribution in [0.3, 0.4) is 0 Å². The van der Waals surface area contributed by atoms with Gasteiger partial charge in [0.15, 0.2) is 0 Å². The molecule has 140 valence electrons. The van der Waals surface area contributed by atoms with Crippen molar-refractivity contribution >= 4 is 21.6 Å². The third kappa shape index (κ3) is 5.73. The third-order valence-corrected chi connectivity index (χ3v) is 4.62. The maximum Gasteiger partial charge on any atom is 0.252 e. The smallest absolute Gasteiger partial charge is 0.252 e. The van der Waals surface area contributed by atoms with E-state index in [4.69, 9.17) is 4.74 Å². The molecule has 0 bridgehead atoms. The summed E-state index contributed by atoms with van der Waals surface area (Å²) in [6.07, 6.45) is 4.20. The minimum absolute atomic E-state index is 0.0366. The Bertz CT molecular complexity index is 821. The summed E-state index contributed by atoms with van der Waals surface area (Å²) < 4.78 is 31.0. The quantitative estimate of drug-likeness (QED) is 0.761. The second kappa shape index (κ2) is 8.66. The van der Waals surface area contributed by atoms with Crippen molar-refractivity contribution in [1.29, 1.82) is 0 Å². The van der Waals surface area contributed by atoms with Crippen molar-refractivity contribution < 1.29 is 17.9 Å². The summed E-state index contributed by atoms with van der Waals surface area (Å²) in [6, 6.07) is 10.1. The summed E-state index contributed by atoms with van der Waals surface area (Å²) in [6.45, 7) is 4.13. The molecule has 0 saturated heterocycles. The lowest BCUT2D eigenvalue weighted by Crippen LogP contribution is -2.38. The Morgan fingerprint density at radius 1 is 1.23 bits per heavy atom. The number of nitrogens with one attached hydrogen (secondary N) is 1. The predicted molar refractivity (Wildman–Crippen MR) is 101 cm³/mol. The van der Waals surface area contributed by atoms with E-state index in [-0.39, 0.29) is 25.1 Å². The number of hydrogen-bond acceptors (Lipinski definition) is 5. The molecule has 1 aromatic carbocycles. The number of carbonyl (C=O) groups is 1. The number of nitrogens with zero attached hydrogens (tertiary/aromatic N) is 2. The summed E-state index contributed by atoms with van der Waals surface area (Å²) >= 11 is 0. The molecule has 0 atom stereocenters. The maximum atomic E-state index is 12.1. The summed E-state index contributed by atoms with van der Waals surface area (Å²) in [5.41, 5.74) is 0.938. The van der Waals surface area contributed by atoms with Crippen molar-refractivity contribution in [3.63, 3.8) is 0 Å². The number of aromatic nitrogens is 1. The van der Waals surface area contributed by atoms with Gasteiger partial charge in [0.2, 0.25) is 10.0 Å². The number of amides is 1. The molecule has 0 aliphatic heterocycles. The molecular weight excluding hydrogens is 354 g/mol. The summed E-state index contributed by atoms with van der Waals surface area (Å²) in [7, 11) is -3.49. The van der Waals surface area contributed by atoms with Crippen LogP contribution in [0.2, 0.25) is 0 Å². The molecule has 0 aliphatic carbocycles. The standard InChI is InChI=1S/C18H23N3O4S/c1-14(2)25-17-8-6-16(7-9-17)21(26(3,23)24)12-11-20-18(22)15-5-4-10-19-13-15/h4-10,13-14H,11-12H2,1-3H3,(H,20,22). The number of anilines is 1. The minimum atomic E-state index is -3.49. The normalized spacial score (nSPS) is 11.2. The van der Waals surface area contributed by atoms with Crippen LogP contribution in [0.15, 0.2) is 48.8 Å². The first-order valence-corrected chi connectivity index (χ1v) is 10.0. The number of benzene rings is 1. The first-order chi connectivity index (χ1) is 12.3. The Labute approximate surface area is 154 Å². The van der Waals surface area contributed by atoms with Gasteiger partial charge in [-0.2, -0.15) is 0 Å². The average molecular weight is 377 g/mol. The van der Waals surface area contributed by atoms with Crippen molar-refractivity contribution in [1.82, 2.24) is 10.3 Å². The fraction of sp³-hybridized carbons (Fsp3) is 0.333. The van der Waals surface area contributed by atoms with E-state index in [0.29, 0.717) is 17.0 Å². The zero-order valence-electron chi connectivity index (χ0n) is 15.0. The Kier molecular flexibility index (Phi) is 6.57. The number of rotatable bonds is 8. The van der Waals surface area contributed by atoms with Crippen LogP contribution in [-0.4, -0.2) is 44.8 Å². The van der Waals surface area contributed by atoms with E-state index in [1.54, 1.807) is 42.6 Å². The van der Waals surface area contributed by atoms with Gasteiger partial charge < -0.3 is 10.1 Å². The van der Waals surface area contributed by atoms with E-state index in [1.807, 2.05) is 13.8 Å². The molecule has 2 aromatic rings. The zero-order valence-corrected chi connectivity index (χ0v) is 15.9. The molecule has 1 aromatic heterocycles. The maximum absolute atomic E-state index is 12.1. The van der Waals surface area contributed by atoms with Crippen molar-refractivity contribution in [3.8, 4) is 5.75 Å². The fourth-order valence-corrected chi connectivity index (χ4v) is 3.25. The van der Waals surface area contributed by atoms with Gasteiger partial charge >= 0.3 is 0 Å². The third-order valence-electron chi connectivity index (χ3n) is 3.42. The molecule has 0 unspecified atom stereocenters. The first kappa shape index (κ1) is 19.7. The van der Waals surface area contributed by atoms with E-state index in [1.165, 1.54) is 10.5 Å². The molecule has 1 amide bonds. The number of pyridine rings is 1. The van der Waals surface area contributed by atoms with E-state index >= 15 is 0 Å². The molecule has 0 fully saturated rings. The molecule has 1 heterocycles. The van der Waals surface area contributed by atoms with Crippen LogP contribution < -0.4 is 14.4 Å². The van der Waals surface area contributed by atoms with Gasteiger partial charge in [-0.25, -0.2) is 8.42 Å². The second-order valence-corrected chi connectivity index (χ2v) is 7.90. The molecule has 0 saturated carbocycles. The molecule has 2 rings (SSSR count). The lowest BCUT2D eigenvalue weighted by atomic mass is 10.2. The van der Waals surface area contributed by atoms with Gasteiger partial charge in [0.25, 0.3) is 5.91 Å². The summed E-state index contributed by atoms with van der Waals surface area (Å²) in [5.74, 6) is 0.370. The zero-order chi connectivity index (χ0) is 19.2. The molecule has 1 N–H and O–H groups in total. The molecule has 0 aliphatic rings. The number of carbonyl (C=O) groups excluding carboxylic acids is 1. The van der Waals surface area contributed by atoms with Crippen LogP contribution in [0.5, 0.6) is 5.75 Å². The minimum Gasteiger partial charge on any atom is -0.491 e. The molecule has 7 nitrogen and oxygen atoms in total. The van der Waals surface area contributed by atoms with Crippen LogP contribution in [0, 0.1) is 0 Å². The van der Waals surface area contributed by atoms with E-state index in [2.05, 4.69) is 10.3 Å². The molecular formula is C18H23N3O4S. The fourth-order valence-electron chi connectivity index (χ4n) is 2.32. The highest BCUT2D eigenvalue weighted by Crippen LogP contribution is 2.22. The Balaban J connectivity index is 2.03. The Morgan fingerprint density at radius 2 is 1.92 bits per heavy atom. The highest BCUT2D eigenvalue weighted by molar-refractivity contribution is 7.92. The van der Waals surface area contributed by atoms with Gasteiger partial charge in [0, 0.05) is 18.9 Å².